The molecule has 138 valence electrons. The van der Waals surface area contributed by atoms with Crippen LogP contribution < -0.4 is 14.8 Å². The summed E-state index contributed by atoms with van der Waals surface area (Å²) in [7, 11) is 1.62. The second kappa shape index (κ2) is 8.26. The van der Waals surface area contributed by atoms with Gasteiger partial charge in [0.25, 0.3) is 5.91 Å². The molecule has 1 N–H and O–H groups in total. The molecule has 0 saturated heterocycles. The van der Waals surface area contributed by atoms with Crippen LogP contribution in [-0.2, 0) is 19.4 Å². The molecule has 0 unspecified atom stereocenters. The lowest BCUT2D eigenvalue weighted by atomic mass is 9.90. The van der Waals surface area contributed by atoms with E-state index in [0.717, 1.165) is 24.0 Å². The fraction of sp³-hybridized carbons (Fsp3) is 0.409. The summed E-state index contributed by atoms with van der Waals surface area (Å²) in [5, 5.41) is 3.00. The van der Waals surface area contributed by atoms with Crippen molar-refractivity contribution < 1.29 is 14.3 Å². The predicted molar refractivity (Wildman–Crippen MR) is 103 cm³/mol. The molecule has 2 aromatic rings. The van der Waals surface area contributed by atoms with Gasteiger partial charge in [0.05, 0.1) is 13.2 Å². The van der Waals surface area contributed by atoms with Crippen molar-refractivity contribution in [2.24, 2.45) is 0 Å². The maximum atomic E-state index is 12.5. The Balaban J connectivity index is 1.66. The van der Waals surface area contributed by atoms with Gasteiger partial charge in [-0.3, -0.25) is 4.79 Å². The number of hydrogen-bond donors (Lipinski definition) is 1. The third-order valence-corrected chi connectivity index (χ3v) is 4.65. The standard InChI is InChI=1S/C22H27NO3/c1-15(2)26-20-11-8-16(12-21(20)25-3)14-23-22(24)19-10-9-17-6-4-5-7-18(17)13-19/h8-13,15H,4-7,14H2,1-3H3,(H,23,24). The van der Waals surface area contributed by atoms with Crippen LogP contribution in [0.1, 0.15) is 53.7 Å². The Morgan fingerprint density at radius 3 is 2.54 bits per heavy atom. The Morgan fingerprint density at radius 2 is 1.81 bits per heavy atom. The summed E-state index contributed by atoms with van der Waals surface area (Å²) in [4.78, 5) is 12.5. The zero-order valence-electron chi connectivity index (χ0n) is 15.8. The number of carbonyl (C=O) groups is 1. The van der Waals surface area contributed by atoms with Gasteiger partial charge in [-0.2, -0.15) is 0 Å². The number of methoxy groups -OCH3 is 1. The van der Waals surface area contributed by atoms with Gasteiger partial charge in [0, 0.05) is 12.1 Å². The van der Waals surface area contributed by atoms with E-state index in [1.165, 1.54) is 24.0 Å². The van der Waals surface area contributed by atoms with E-state index in [-0.39, 0.29) is 12.0 Å². The van der Waals surface area contributed by atoms with Gasteiger partial charge in [0.1, 0.15) is 0 Å². The molecule has 0 aromatic heterocycles. The van der Waals surface area contributed by atoms with Crippen LogP contribution in [0.5, 0.6) is 11.5 Å². The van der Waals surface area contributed by atoms with Crippen molar-refractivity contribution in [1.29, 1.82) is 0 Å². The highest BCUT2D eigenvalue weighted by atomic mass is 16.5. The van der Waals surface area contributed by atoms with Crippen LogP contribution in [0.25, 0.3) is 0 Å². The van der Waals surface area contributed by atoms with Crippen molar-refractivity contribution in [3.63, 3.8) is 0 Å². The summed E-state index contributed by atoms with van der Waals surface area (Å²) < 4.78 is 11.1. The van der Waals surface area contributed by atoms with Crippen molar-refractivity contribution in [1.82, 2.24) is 5.32 Å². The lowest BCUT2D eigenvalue weighted by molar-refractivity contribution is 0.0950. The number of ether oxygens (including phenoxy) is 2. The smallest absolute Gasteiger partial charge is 0.251 e. The van der Waals surface area contributed by atoms with Crippen LogP contribution in [0.2, 0.25) is 0 Å². The lowest BCUT2D eigenvalue weighted by Gasteiger charge is -2.17. The van der Waals surface area contributed by atoms with Crippen molar-refractivity contribution >= 4 is 5.91 Å². The largest absolute Gasteiger partial charge is 0.493 e. The monoisotopic (exact) mass is 353 g/mol. The van der Waals surface area contributed by atoms with Gasteiger partial charge in [0.2, 0.25) is 0 Å². The topological polar surface area (TPSA) is 47.6 Å². The number of aryl methyl sites for hydroxylation is 2. The summed E-state index contributed by atoms with van der Waals surface area (Å²) in [6, 6.07) is 11.8. The first kappa shape index (κ1) is 18.3. The van der Waals surface area contributed by atoms with Crippen LogP contribution in [0.4, 0.5) is 0 Å². The Kier molecular flexibility index (Phi) is 5.82. The number of benzene rings is 2. The highest BCUT2D eigenvalue weighted by Gasteiger charge is 2.13. The number of fused-ring (bicyclic) bond motifs is 1. The molecule has 0 heterocycles. The molecular weight excluding hydrogens is 326 g/mol. The molecule has 0 atom stereocenters. The number of nitrogens with one attached hydrogen (secondary N) is 1. The average molecular weight is 353 g/mol. The summed E-state index contributed by atoms with van der Waals surface area (Å²) in [6.07, 6.45) is 4.74. The van der Waals surface area contributed by atoms with Crippen molar-refractivity contribution in [3.8, 4) is 11.5 Å². The lowest BCUT2D eigenvalue weighted by Crippen LogP contribution is -2.23. The molecule has 26 heavy (non-hydrogen) atoms. The van der Waals surface area contributed by atoms with Crippen LogP contribution in [0, 0.1) is 0 Å². The van der Waals surface area contributed by atoms with E-state index >= 15 is 0 Å². The first-order chi connectivity index (χ1) is 12.6. The third-order valence-electron chi connectivity index (χ3n) is 4.65. The molecule has 0 bridgehead atoms. The fourth-order valence-electron chi connectivity index (χ4n) is 3.33. The average Bonchev–Trinajstić information content (AvgIpc) is 2.66. The highest BCUT2D eigenvalue weighted by Crippen LogP contribution is 2.29. The number of rotatable bonds is 6. The van der Waals surface area contributed by atoms with Gasteiger partial charge < -0.3 is 14.8 Å². The number of amides is 1. The van der Waals surface area contributed by atoms with E-state index in [2.05, 4.69) is 11.4 Å². The second-order valence-corrected chi connectivity index (χ2v) is 7.03. The zero-order valence-corrected chi connectivity index (χ0v) is 15.8. The molecule has 0 fully saturated rings. The molecule has 4 heteroatoms. The molecule has 1 amide bonds. The van der Waals surface area contributed by atoms with E-state index in [1.807, 2.05) is 44.2 Å². The summed E-state index contributed by atoms with van der Waals surface area (Å²) in [5.74, 6) is 1.35. The highest BCUT2D eigenvalue weighted by molar-refractivity contribution is 5.94. The third kappa shape index (κ3) is 4.37. The molecule has 3 rings (SSSR count). The maximum absolute atomic E-state index is 12.5. The molecule has 2 aromatic carbocycles. The molecule has 1 aliphatic rings. The first-order valence-corrected chi connectivity index (χ1v) is 9.30. The Labute approximate surface area is 155 Å². The van der Waals surface area contributed by atoms with Crippen molar-refractivity contribution in [2.75, 3.05) is 7.11 Å². The van der Waals surface area contributed by atoms with Crippen LogP contribution >= 0.6 is 0 Å². The Bertz CT molecular complexity index is 783. The van der Waals surface area contributed by atoms with Crippen LogP contribution in [-0.4, -0.2) is 19.1 Å². The predicted octanol–water partition coefficient (Wildman–Crippen LogP) is 4.29. The minimum Gasteiger partial charge on any atom is -0.493 e. The van der Waals surface area contributed by atoms with Gasteiger partial charge in [-0.15, -0.1) is 0 Å². The Hall–Kier alpha value is -2.49. The number of carbonyl (C=O) groups excluding carboxylic acids is 1. The fourth-order valence-corrected chi connectivity index (χ4v) is 3.33. The molecule has 0 radical (unpaired) electrons. The molecular formula is C22H27NO3. The molecule has 0 spiro atoms. The SMILES string of the molecule is COc1cc(CNC(=O)c2ccc3c(c2)CCCC3)ccc1OC(C)C. The molecule has 4 nitrogen and oxygen atoms in total. The summed E-state index contributed by atoms with van der Waals surface area (Å²) >= 11 is 0. The van der Waals surface area contributed by atoms with Crippen LogP contribution in [0.15, 0.2) is 36.4 Å². The number of hydrogen-bond acceptors (Lipinski definition) is 3. The summed E-state index contributed by atoms with van der Waals surface area (Å²) in [5.41, 5.74) is 4.42. The van der Waals surface area contributed by atoms with Gasteiger partial charge in [-0.1, -0.05) is 12.1 Å². The summed E-state index contributed by atoms with van der Waals surface area (Å²) in [6.45, 7) is 4.41. The van der Waals surface area contributed by atoms with E-state index in [4.69, 9.17) is 9.47 Å². The van der Waals surface area contributed by atoms with Crippen LogP contribution in [0.3, 0.4) is 0 Å². The van der Waals surface area contributed by atoms with Gasteiger partial charge >= 0.3 is 0 Å². The van der Waals surface area contributed by atoms with E-state index < -0.39 is 0 Å². The minimum atomic E-state index is -0.0418. The van der Waals surface area contributed by atoms with Gasteiger partial charge in [0.15, 0.2) is 11.5 Å². The normalized spacial score (nSPS) is 13.2. The second-order valence-electron chi connectivity index (χ2n) is 7.03. The minimum absolute atomic E-state index is 0.0418. The van der Waals surface area contributed by atoms with Gasteiger partial charge in [-0.05, 0) is 80.5 Å². The molecule has 0 saturated carbocycles. The molecule has 1 aliphatic carbocycles. The van der Waals surface area contributed by atoms with E-state index in [0.29, 0.717) is 18.0 Å². The van der Waals surface area contributed by atoms with Crippen molar-refractivity contribution in [2.45, 2.75) is 52.2 Å². The zero-order chi connectivity index (χ0) is 18.5. The molecule has 0 aliphatic heterocycles. The first-order valence-electron chi connectivity index (χ1n) is 9.30. The quantitative estimate of drug-likeness (QED) is 0.843. The van der Waals surface area contributed by atoms with E-state index in [1.54, 1.807) is 7.11 Å². The van der Waals surface area contributed by atoms with E-state index in [9.17, 15) is 4.79 Å². The Morgan fingerprint density at radius 1 is 1.04 bits per heavy atom. The maximum Gasteiger partial charge on any atom is 0.251 e. The van der Waals surface area contributed by atoms with Gasteiger partial charge in [-0.25, -0.2) is 0 Å². The van der Waals surface area contributed by atoms with Crippen molar-refractivity contribution in [3.05, 3.63) is 58.7 Å².